The van der Waals surface area contributed by atoms with Gasteiger partial charge in [-0.3, -0.25) is 4.79 Å². The topological polar surface area (TPSA) is 307 Å². The number of allylic oxidation sites excluding steroid dienone is 3. The smallest absolute Gasteiger partial charge is 0.220 e. The second-order valence-electron chi connectivity index (χ2n) is 27.8. The van der Waals surface area contributed by atoms with Crippen LogP contribution in [0.2, 0.25) is 0 Å². The van der Waals surface area contributed by atoms with E-state index in [1.807, 2.05) is 6.08 Å². The fourth-order valence-corrected chi connectivity index (χ4v) is 13.2. The number of hydrogen-bond donors (Lipinski definition) is 12. The van der Waals surface area contributed by atoms with Crippen molar-refractivity contribution >= 4 is 5.91 Å². The zero-order valence-electron chi connectivity index (χ0n) is 59.0. The molecule has 19 heteroatoms. The highest BCUT2D eigenvalue weighted by atomic mass is 16.8. The van der Waals surface area contributed by atoms with E-state index < -0.39 is 124 Å². The fraction of sp³-hybridized carbons (Fsp3) is 0.933. The zero-order chi connectivity index (χ0) is 68.2. The van der Waals surface area contributed by atoms with Gasteiger partial charge in [0, 0.05) is 6.42 Å². The molecule has 1 amide bonds. The van der Waals surface area contributed by atoms with Crippen molar-refractivity contribution in [3.8, 4) is 0 Å². The molecule has 0 aromatic rings. The number of ether oxygens (including phenoxy) is 6. The minimum Gasteiger partial charge on any atom is -0.394 e. The van der Waals surface area contributed by atoms with Gasteiger partial charge in [-0.15, -0.1) is 0 Å². The molecule has 554 valence electrons. The van der Waals surface area contributed by atoms with E-state index in [4.69, 9.17) is 28.4 Å². The van der Waals surface area contributed by atoms with E-state index in [1.165, 1.54) is 225 Å². The third kappa shape index (κ3) is 37.6. The SMILES string of the molecule is CCCCCCCCC/C=C\CCCCCCCC(=O)NC(COC1OC(CO)C(OC2OC(CO)C(OC3OC(CO)C(O)C(O)C3O)C(O)C2O)C(O)C1O)C(O)/C=C/CCCCCCCCCCCCCCCCCCCCCCCCCCCCCCCCC. The molecule has 0 radical (unpaired) electrons. The molecule has 0 spiro atoms. The molecule has 17 atom stereocenters. The van der Waals surface area contributed by atoms with Gasteiger partial charge >= 0.3 is 0 Å². The van der Waals surface area contributed by atoms with E-state index in [0.29, 0.717) is 6.42 Å². The number of unbranched alkanes of at least 4 members (excludes halogenated alkanes) is 43. The van der Waals surface area contributed by atoms with Gasteiger partial charge in [-0.05, 0) is 44.9 Å². The van der Waals surface area contributed by atoms with Gasteiger partial charge in [0.2, 0.25) is 5.91 Å². The van der Waals surface area contributed by atoms with Crippen LogP contribution in [0.25, 0.3) is 0 Å². The molecule has 0 bridgehead atoms. The Morgan fingerprint density at radius 3 is 1.03 bits per heavy atom. The molecule has 0 aromatic heterocycles. The Hall–Kier alpha value is -1.73. The molecule has 0 saturated carbocycles. The second-order valence-corrected chi connectivity index (χ2v) is 27.8. The lowest BCUT2D eigenvalue weighted by atomic mass is 9.96. The third-order valence-electron chi connectivity index (χ3n) is 19.5. The van der Waals surface area contributed by atoms with Crippen LogP contribution in [-0.4, -0.2) is 193 Å². The van der Waals surface area contributed by atoms with Crippen LogP contribution in [0.1, 0.15) is 316 Å². The van der Waals surface area contributed by atoms with Crippen molar-refractivity contribution in [1.29, 1.82) is 0 Å². The number of aliphatic hydroxyl groups is 11. The van der Waals surface area contributed by atoms with Crippen LogP contribution in [0, 0.1) is 0 Å². The molecule has 3 fully saturated rings. The highest BCUT2D eigenvalue weighted by Crippen LogP contribution is 2.33. The van der Waals surface area contributed by atoms with Crippen LogP contribution >= 0.6 is 0 Å². The van der Waals surface area contributed by atoms with E-state index in [2.05, 4.69) is 31.3 Å². The van der Waals surface area contributed by atoms with Gasteiger partial charge in [0.1, 0.15) is 73.2 Å². The number of hydrogen-bond acceptors (Lipinski definition) is 18. The number of rotatable bonds is 61. The minimum absolute atomic E-state index is 0.236. The average Bonchev–Trinajstić information content (AvgIpc) is 0.787. The maximum absolute atomic E-state index is 13.4. The Bertz CT molecular complexity index is 1800. The summed E-state index contributed by atoms with van der Waals surface area (Å²) in [6.45, 7) is 1.76. The molecular formula is C75H141NO18. The highest BCUT2D eigenvalue weighted by molar-refractivity contribution is 5.76. The quantitative estimate of drug-likeness (QED) is 0.0199. The first-order valence-electron chi connectivity index (χ1n) is 38.6. The van der Waals surface area contributed by atoms with Gasteiger partial charge < -0.3 is 89.9 Å². The summed E-state index contributed by atoms with van der Waals surface area (Å²) in [5, 5.41) is 121. The molecular weight excluding hydrogens is 1200 g/mol. The second kappa shape index (κ2) is 57.0. The normalized spacial score (nSPS) is 27.4. The minimum atomic E-state index is -1.98. The summed E-state index contributed by atoms with van der Waals surface area (Å²) in [6, 6.07) is -0.977. The van der Waals surface area contributed by atoms with Crippen molar-refractivity contribution in [2.24, 2.45) is 0 Å². The van der Waals surface area contributed by atoms with Gasteiger partial charge in [0.25, 0.3) is 0 Å². The zero-order valence-corrected chi connectivity index (χ0v) is 59.0. The molecule has 3 saturated heterocycles. The largest absolute Gasteiger partial charge is 0.394 e. The van der Waals surface area contributed by atoms with E-state index in [-0.39, 0.29) is 18.9 Å². The van der Waals surface area contributed by atoms with Crippen LogP contribution in [0.3, 0.4) is 0 Å². The first kappa shape index (κ1) is 86.5. The standard InChI is InChI=1S/C75H141NO18/c1-3-5-7-9-11-13-15-17-19-21-22-23-24-25-26-27-28-29-30-31-32-33-34-35-36-37-38-40-42-44-46-48-50-52-59(80)58(76-63(81)53-51-49-47-45-43-41-39-20-18-16-14-12-10-8-6-4-2)57-89-73-69(87)66(84)71(61(55-78)91-73)94-75-70(88)67(85)72(62(56-79)92-75)93-74-68(86)65(83)64(82)60(54-77)90-74/h20,39,50,52,58-62,64-75,77-80,82-88H,3-19,21-38,40-49,51,53-57H2,1-2H3,(H,76,81)/b39-20-,52-50+. The maximum Gasteiger partial charge on any atom is 0.220 e. The Balaban J connectivity index is 1.36. The first-order valence-corrected chi connectivity index (χ1v) is 38.6. The van der Waals surface area contributed by atoms with Gasteiger partial charge in [-0.2, -0.15) is 0 Å². The molecule has 0 aliphatic carbocycles. The first-order chi connectivity index (χ1) is 45.8. The van der Waals surface area contributed by atoms with Crippen molar-refractivity contribution < 1.29 is 89.4 Å². The lowest BCUT2D eigenvalue weighted by molar-refractivity contribution is -0.379. The maximum atomic E-state index is 13.4. The lowest BCUT2D eigenvalue weighted by Crippen LogP contribution is -2.66. The molecule has 12 N–H and O–H groups in total. The summed E-state index contributed by atoms with van der Waals surface area (Å²) in [5.41, 5.74) is 0. The molecule has 17 unspecified atom stereocenters. The summed E-state index contributed by atoms with van der Waals surface area (Å²) in [5.74, 6) is -0.280. The van der Waals surface area contributed by atoms with Crippen molar-refractivity contribution in [3.05, 3.63) is 24.3 Å². The van der Waals surface area contributed by atoms with Gasteiger partial charge in [-0.25, -0.2) is 0 Å². The van der Waals surface area contributed by atoms with Gasteiger partial charge in [-0.1, -0.05) is 289 Å². The lowest BCUT2D eigenvalue weighted by Gasteiger charge is -2.48. The van der Waals surface area contributed by atoms with E-state index in [0.717, 1.165) is 64.2 Å². The van der Waals surface area contributed by atoms with Crippen LogP contribution < -0.4 is 5.32 Å². The predicted molar refractivity (Wildman–Crippen MR) is 370 cm³/mol. The van der Waals surface area contributed by atoms with E-state index in [1.54, 1.807) is 6.08 Å². The van der Waals surface area contributed by atoms with Crippen molar-refractivity contribution in [2.45, 2.75) is 420 Å². The Morgan fingerprint density at radius 2 is 0.670 bits per heavy atom. The summed E-state index contributed by atoms with van der Waals surface area (Å²) < 4.78 is 34.4. The van der Waals surface area contributed by atoms with Crippen LogP contribution in [-0.2, 0) is 33.2 Å². The fourth-order valence-electron chi connectivity index (χ4n) is 13.2. The summed E-state index contributed by atoms with van der Waals surface area (Å²) in [6.07, 6.45) is 40.4. The molecule has 3 aliphatic rings. The van der Waals surface area contributed by atoms with Crippen LogP contribution in [0.15, 0.2) is 24.3 Å². The average molecular weight is 1340 g/mol. The Labute approximate surface area is 568 Å². The molecule has 3 rings (SSSR count). The monoisotopic (exact) mass is 1340 g/mol. The number of carbonyl (C=O) groups is 1. The number of amides is 1. The van der Waals surface area contributed by atoms with E-state index in [9.17, 15) is 61.0 Å². The van der Waals surface area contributed by atoms with Crippen LogP contribution in [0.5, 0.6) is 0 Å². The predicted octanol–water partition coefficient (Wildman–Crippen LogP) is 11.8. The molecule has 19 nitrogen and oxygen atoms in total. The van der Waals surface area contributed by atoms with Crippen molar-refractivity contribution in [2.75, 3.05) is 26.4 Å². The molecule has 94 heavy (non-hydrogen) atoms. The summed E-state index contributed by atoms with van der Waals surface area (Å²) in [4.78, 5) is 13.4. The number of aliphatic hydroxyl groups excluding tert-OH is 11. The van der Waals surface area contributed by atoms with Gasteiger partial charge in [0.05, 0.1) is 38.6 Å². The van der Waals surface area contributed by atoms with Crippen molar-refractivity contribution in [3.63, 3.8) is 0 Å². The summed E-state index contributed by atoms with van der Waals surface area (Å²) >= 11 is 0. The number of carbonyl (C=O) groups excluding carboxylic acids is 1. The Morgan fingerprint density at radius 1 is 0.372 bits per heavy atom. The molecule has 0 aromatic carbocycles. The number of nitrogens with one attached hydrogen (secondary N) is 1. The van der Waals surface area contributed by atoms with Crippen molar-refractivity contribution in [1.82, 2.24) is 5.32 Å². The Kier molecular flexibility index (Phi) is 52.4. The molecule has 3 heterocycles. The summed E-state index contributed by atoms with van der Waals surface area (Å²) in [7, 11) is 0. The third-order valence-corrected chi connectivity index (χ3v) is 19.5. The highest BCUT2D eigenvalue weighted by Gasteiger charge is 2.53. The van der Waals surface area contributed by atoms with E-state index >= 15 is 0 Å². The molecule has 3 aliphatic heterocycles. The van der Waals surface area contributed by atoms with Gasteiger partial charge in [0.15, 0.2) is 18.9 Å². The van der Waals surface area contributed by atoms with Crippen LogP contribution in [0.4, 0.5) is 0 Å².